The first-order valence-electron chi connectivity index (χ1n) is 11.4. The molecule has 4 rings (SSSR count). The summed E-state index contributed by atoms with van der Waals surface area (Å²) in [5.74, 6) is 2.21. The maximum atomic E-state index is 11.1. The van der Waals surface area contributed by atoms with E-state index in [9.17, 15) is 5.11 Å². The van der Waals surface area contributed by atoms with E-state index in [1.807, 2.05) is 66.5 Å². The molecule has 0 saturated carbocycles. The van der Waals surface area contributed by atoms with Gasteiger partial charge in [0.2, 0.25) is 0 Å². The van der Waals surface area contributed by atoms with Crippen LogP contribution in [-0.2, 0) is 13.1 Å². The predicted octanol–water partition coefficient (Wildman–Crippen LogP) is 3.69. The molecule has 7 heteroatoms. The highest BCUT2D eigenvalue weighted by molar-refractivity contribution is 5.43. The van der Waals surface area contributed by atoms with E-state index in [0.29, 0.717) is 32.1 Å². The molecule has 1 atom stereocenters. The van der Waals surface area contributed by atoms with E-state index in [-0.39, 0.29) is 0 Å². The fraction of sp³-hybridized carbons (Fsp3) is 0.423. The van der Waals surface area contributed by atoms with Crippen LogP contribution in [0.25, 0.3) is 0 Å². The highest BCUT2D eigenvalue weighted by atomic mass is 16.5. The van der Waals surface area contributed by atoms with Crippen LogP contribution in [0.15, 0.2) is 60.9 Å². The summed E-state index contributed by atoms with van der Waals surface area (Å²) >= 11 is 0. The zero-order valence-corrected chi connectivity index (χ0v) is 19.4. The maximum Gasteiger partial charge on any atom is 0.161 e. The van der Waals surface area contributed by atoms with Crippen molar-refractivity contribution in [1.29, 1.82) is 0 Å². The number of likely N-dealkylation sites (tertiary alicyclic amines) is 1. The van der Waals surface area contributed by atoms with E-state index < -0.39 is 5.60 Å². The molecule has 7 nitrogen and oxygen atoms in total. The topological polar surface area (TPSA) is 69.0 Å². The number of hydrogen-bond donors (Lipinski definition) is 1. The van der Waals surface area contributed by atoms with Crippen LogP contribution in [0, 0.1) is 6.92 Å². The second-order valence-corrected chi connectivity index (χ2v) is 8.75. The summed E-state index contributed by atoms with van der Waals surface area (Å²) in [5.41, 5.74) is 1.40. The van der Waals surface area contributed by atoms with Gasteiger partial charge in [0.1, 0.15) is 24.6 Å². The molecule has 1 aromatic heterocycles. The van der Waals surface area contributed by atoms with Gasteiger partial charge in [0.05, 0.1) is 19.9 Å². The standard InChI is InChI=1S/C26H33N3O4/c1-21-16-27-29(17-21)13-14-32-24-10-9-22(15-25(24)31-2)18-28-12-6-11-26(30,19-28)20-33-23-7-4-3-5-8-23/h3-5,7-10,15-17,30H,6,11-14,18-20H2,1-2H3/t26-/m0/s1. The molecule has 3 aromatic rings. The number of hydrogen-bond acceptors (Lipinski definition) is 6. The van der Waals surface area contributed by atoms with Gasteiger partial charge in [-0.1, -0.05) is 24.3 Å². The van der Waals surface area contributed by atoms with Crippen LogP contribution in [0.4, 0.5) is 0 Å². The van der Waals surface area contributed by atoms with Gasteiger partial charge in [0.25, 0.3) is 0 Å². The van der Waals surface area contributed by atoms with Crippen molar-refractivity contribution in [3.63, 3.8) is 0 Å². The first kappa shape index (κ1) is 23.1. The zero-order chi connectivity index (χ0) is 23.1. The van der Waals surface area contributed by atoms with Gasteiger partial charge in [-0.05, 0) is 61.7 Å². The van der Waals surface area contributed by atoms with Crippen LogP contribution in [0.2, 0.25) is 0 Å². The lowest BCUT2D eigenvalue weighted by atomic mass is 9.93. The number of ether oxygens (including phenoxy) is 3. The Balaban J connectivity index is 1.31. The summed E-state index contributed by atoms with van der Waals surface area (Å²) in [4.78, 5) is 2.27. The van der Waals surface area contributed by atoms with Crippen molar-refractivity contribution in [1.82, 2.24) is 14.7 Å². The van der Waals surface area contributed by atoms with E-state index >= 15 is 0 Å². The van der Waals surface area contributed by atoms with Gasteiger partial charge in [0, 0.05) is 19.3 Å². The van der Waals surface area contributed by atoms with Crippen LogP contribution in [0.1, 0.15) is 24.0 Å². The Kier molecular flexibility index (Phi) is 7.52. The molecule has 2 heterocycles. The summed E-state index contributed by atoms with van der Waals surface area (Å²) in [7, 11) is 1.66. The van der Waals surface area contributed by atoms with Crippen molar-refractivity contribution in [3.05, 3.63) is 72.1 Å². The SMILES string of the molecule is COc1cc(CN2CCC[C@@](O)(COc3ccccc3)C2)ccc1OCCn1cc(C)cn1. The number of aromatic nitrogens is 2. The number of benzene rings is 2. The minimum absolute atomic E-state index is 0.291. The Morgan fingerprint density at radius 3 is 2.70 bits per heavy atom. The van der Waals surface area contributed by atoms with Gasteiger partial charge in [-0.3, -0.25) is 9.58 Å². The summed E-state index contributed by atoms with van der Waals surface area (Å²) in [6, 6.07) is 15.7. The van der Waals surface area contributed by atoms with Crippen LogP contribution in [-0.4, -0.2) is 58.8 Å². The number of nitrogens with zero attached hydrogens (tertiary/aromatic N) is 3. The highest BCUT2D eigenvalue weighted by Gasteiger charge is 2.34. The molecule has 1 aliphatic rings. The second-order valence-electron chi connectivity index (χ2n) is 8.75. The van der Waals surface area contributed by atoms with Crippen molar-refractivity contribution in [2.45, 2.75) is 38.5 Å². The number of rotatable bonds is 10. The van der Waals surface area contributed by atoms with Crippen LogP contribution in [0.3, 0.4) is 0 Å². The number of piperidine rings is 1. The highest BCUT2D eigenvalue weighted by Crippen LogP contribution is 2.30. The van der Waals surface area contributed by atoms with E-state index in [2.05, 4.69) is 16.1 Å². The van der Waals surface area contributed by atoms with E-state index in [0.717, 1.165) is 48.6 Å². The number of methoxy groups -OCH3 is 1. The fourth-order valence-corrected chi connectivity index (χ4v) is 4.22. The number of aliphatic hydroxyl groups is 1. The molecule has 1 N–H and O–H groups in total. The Morgan fingerprint density at radius 1 is 1.09 bits per heavy atom. The molecule has 0 aliphatic carbocycles. The molecule has 0 radical (unpaired) electrons. The molecule has 2 aromatic carbocycles. The minimum Gasteiger partial charge on any atom is -0.493 e. The lowest BCUT2D eigenvalue weighted by Crippen LogP contribution is -2.51. The quantitative estimate of drug-likeness (QED) is 0.507. The Hall–Kier alpha value is -3.03. The molecule has 0 unspecified atom stereocenters. The Labute approximate surface area is 195 Å². The van der Waals surface area contributed by atoms with Crippen LogP contribution >= 0.6 is 0 Å². The number of β-amino-alcohol motifs (C(OH)–C–C–N with tert-alkyl or cyclic N) is 1. The molecular weight excluding hydrogens is 418 g/mol. The lowest BCUT2D eigenvalue weighted by Gasteiger charge is -2.39. The Bertz CT molecular complexity index is 1020. The summed E-state index contributed by atoms with van der Waals surface area (Å²) < 4.78 is 19.2. The summed E-state index contributed by atoms with van der Waals surface area (Å²) in [6.45, 7) is 5.75. The molecule has 0 bridgehead atoms. The monoisotopic (exact) mass is 451 g/mol. The Morgan fingerprint density at radius 2 is 1.94 bits per heavy atom. The van der Waals surface area contributed by atoms with Crippen LogP contribution < -0.4 is 14.2 Å². The predicted molar refractivity (Wildman–Crippen MR) is 127 cm³/mol. The normalized spacial score (nSPS) is 18.8. The molecule has 0 spiro atoms. The van der Waals surface area contributed by atoms with E-state index in [4.69, 9.17) is 14.2 Å². The molecular formula is C26H33N3O4. The van der Waals surface area contributed by atoms with Gasteiger partial charge in [-0.2, -0.15) is 5.10 Å². The van der Waals surface area contributed by atoms with Gasteiger partial charge in [-0.15, -0.1) is 0 Å². The fourth-order valence-electron chi connectivity index (χ4n) is 4.22. The minimum atomic E-state index is -0.855. The molecule has 0 amide bonds. The molecule has 1 saturated heterocycles. The third kappa shape index (κ3) is 6.49. The smallest absolute Gasteiger partial charge is 0.161 e. The van der Waals surface area contributed by atoms with E-state index in [1.54, 1.807) is 7.11 Å². The number of aryl methyl sites for hydroxylation is 1. The first-order chi connectivity index (χ1) is 16.0. The number of para-hydroxylation sites is 1. The van der Waals surface area contributed by atoms with Gasteiger partial charge >= 0.3 is 0 Å². The zero-order valence-electron chi connectivity index (χ0n) is 19.4. The molecule has 1 aliphatic heterocycles. The van der Waals surface area contributed by atoms with E-state index in [1.165, 1.54) is 0 Å². The molecule has 1 fully saturated rings. The second kappa shape index (κ2) is 10.7. The average molecular weight is 452 g/mol. The maximum absolute atomic E-state index is 11.1. The van der Waals surface area contributed by atoms with Crippen molar-refractivity contribution in [2.24, 2.45) is 0 Å². The van der Waals surface area contributed by atoms with Crippen molar-refractivity contribution in [2.75, 3.05) is 33.4 Å². The van der Waals surface area contributed by atoms with Gasteiger partial charge in [-0.25, -0.2) is 0 Å². The third-order valence-electron chi connectivity index (χ3n) is 5.86. The van der Waals surface area contributed by atoms with Crippen molar-refractivity contribution in [3.8, 4) is 17.2 Å². The molecule has 176 valence electrons. The van der Waals surface area contributed by atoms with Gasteiger partial charge in [0.15, 0.2) is 11.5 Å². The summed E-state index contributed by atoms with van der Waals surface area (Å²) in [5, 5.41) is 15.4. The third-order valence-corrected chi connectivity index (χ3v) is 5.86. The van der Waals surface area contributed by atoms with Crippen molar-refractivity contribution < 1.29 is 19.3 Å². The first-order valence-corrected chi connectivity index (χ1v) is 11.4. The molecule has 33 heavy (non-hydrogen) atoms. The van der Waals surface area contributed by atoms with Crippen LogP contribution in [0.5, 0.6) is 17.2 Å². The van der Waals surface area contributed by atoms with Crippen molar-refractivity contribution >= 4 is 0 Å². The average Bonchev–Trinajstić information content (AvgIpc) is 3.24. The summed E-state index contributed by atoms with van der Waals surface area (Å²) in [6.07, 6.45) is 5.50. The lowest BCUT2D eigenvalue weighted by molar-refractivity contribution is -0.0621. The largest absolute Gasteiger partial charge is 0.493 e. The van der Waals surface area contributed by atoms with Gasteiger partial charge < -0.3 is 19.3 Å².